The van der Waals surface area contributed by atoms with Crippen molar-refractivity contribution < 1.29 is 9.90 Å². The number of benzene rings is 2. The van der Waals surface area contributed by atoms with Crippen LogP contribution < -0.4 is 10.9 Å². The van der Waals surface area contributed by atoms with Crippen molar-refractivity contribution in [3.05, 3.63) is 42.0 Å². The summed E-state index contributed by atoms with van der Waals surface area (Å²) in [5.41, 5.74) is 5.91. The first-order valence-electron chi connectivity index (χ1n) is 7.25. The molecule has 2 rings (SSSR count). The standard InChI is InChI=1S/C17H22N2O2/c1-11(2)10-12(3)18-19-17(21)15-9-8-13-6-4-5-7-14(13)16(15)20/h4-9,11-12,18,20H,10H2,1-3H3,(H,19,21). The third-order valence-corrected chi connectivity index (χ3v) is 3.40. The number of hydrazine groups is 1. The zero-order valence-corrected chi connectivity index (χ0v) is 12.7. The van der Waals surface area contributed by atoms with Crippen molar-refractivity contribution in [3.63, 3.8) is 0 Å². The molecule has 0 aliphatic carbocycles. The molecule has 0 aliphatic heterocycles. The summed E-state index contributed by atoms with van der Waals surface area (Å²) in [6.07, 6.45) is 0.962. The third-order valence-electron chi connectivity index (χ3n) is 3.40. The number of amides is 1. The topological polar surface area (TPSA) is 61.4 Å². The van der Waals surface area contributed by atoms with Crippen LogP contribution in [0.25, 0.3) is 10.8 Å². The van der Waals surface area contributed by atoms with Crippen molar-refractivity contribution in [3.8, 4) is 5.75 Å². The summed E-state index contributed by atoms with van der Waals surface area (Å²) < 4.78 is 0. The molecule has 3 N–H and O–H groups in total. The van der Waals surface area contributed by atoms with Gasteiger partial charge in [0, 0.05) is 11.4 Å². The van der Waals surface area contributed by atoms with E-state index >= 15 is 0 Å². The summed E-state index contributed by atoms with van der Waals surface area (Å²) in [6.45, 7) is 6.28. The molecule has 0 spiro atoms. The van der Waals surface area contributed by atoms with Crippen LogP contribution in [-0.2, 0) is 0 Å². The van der Waals surface area contributed by atoms with E-state index in [1.165, 1.54) is 0 Å². The molecule has 0 heterocycles. The summed E-state index contributed by atoms with van der Waals surface area (Å²) in [6, 6.07) is 11.1. The highest BCUT2D eigenvalue weighted by Crippen LogP contribution is 2.28. The van der Waals surface area contributed by atoms with Gasteiger partial charge in [-0.25, -0.2) is 5.43 Å². The first-order valence-corrected chi connectivity index (χ1v) is 7.25. The third kappa shape index (κ3) is 3.73. The number of hydrogen-bond acceptors (Lipinski definition) is 3. The number of phenolic OH excluding ortho intramolecular Hbond substituents is 1. The Labute approximate surface area is 125 Å². The van der Waals surface area contributed by atoms with E-state index in [1.807, 2.05) is 31.2 Å². The summed E-state index contributed by atoms with van der Waals surface area (Å²) in [5, 5.41) is 11.8. The fourth-order valence-corrected chi connectivity index (χ4v) is 2.46. The number of aromatic hydroxyl groups is 1. The van der Waals surface area contributed by atoms with E-state index in [2.05, 4.69) is 24.7 Å². The van der Waals surface area contributed by atoms with Crippen LogP contribution in [-0.4, -0.2) is 17.1 Å². The Morgan fingerprint density at radius 1 is 1.14 bits per heavy atom. The Bertz CT molecular complexity index is 638. The van der Waals surface area contributed by atoms with Crippen LogP contribution >= 0.6 is 0 Å². The number of fused-ring (bicyclic) bond motifs is 1. The number of carbonyl (C=O) groups is 1. The molecule has 4 heteroatoms. The molecule has 0 saturated carbocycles. The van der Waals surface area contributed by atoms with Gasteiger partial charge < -0.3 is 5.11 Å². The van der Waals surface area contributed by atoms with Gasteiger partial charge in [0.1, 0.15) is 5.75 Å². The van der Waals surface area contributed by atoms with Gasteiger partial charge in [0.05, 0.1) is 5.56 Å². The Morgan fingerprint density at radius 3 is 2.57 bits per heavy atom. The molecule has 4 nitrogen and oxygen atoms in total. The lowest BCUT2D eigenvalue weighted by Gasteiger charge is -2.17. The lowest BCUT2D eigenvalue weighted by atomic mass is 10.0. The molecule has 2 aromatic rings. The molecule has 0 aromatic heterocycles. The first-order chi connectivity index (χ1) is 9.99. The van der Waals surface area contributed by atoms with Gasteiger partial charge in [-0.3, -0.25) is 10.2 Å². The number of nitrogens with one attached hydrogen (secondary N) is 2. The predicted octanol–water partition coefficient (Wildman–Crippen LogP) is 3.21. The van der Waals surface area contributed by atoms with Crippen molar-refractivity contribution in [2.75, 3.05) is 0 Å². The molecule has 1 atom stereocenters. The van der Waals surface area contributed by atoms with Crippen LogP contribution in [0.1, 0.15) is 37.6 Å². The average Bonchev–Trinajstić information content (AvgIpc) is 2.45. The lowest BCUT2D eigenvalue weighted by Crippen LogP contribution is -2.43. The number of phenols is 1. The second-order valence-corrected chi connectivity index (χ2v) is 5.81. The fraction of sp³-hybridized carbons (Fsp3) is 0.353. The summed E-state index contributed by atoms with van der Waals surface area (Å²) in [7, 11) is 0. The molecule has 0 bridgehead atoms. The smallest absolute Gasteiger partial charge is 0.269 e. The van der Waals surface area contributed by atoms with Crippen LogP contribution in [0.3, 0.4) is 0 Å². The summed E-state index contributed by atoms with van der Waals surface area (Å²) >= 11 is 0. The van der Waals surface area contributed by atoms with Gasteiger partial charge in [-0.15, -0.1) is 0 Å². The lowest BCUT2D eigenvalue weighted by molar-refractivity contribution is 0.0921. The van der Waals surface area contributed by atoms with Crippen molar-refractivity contribution >= 4 is 16.7 Å². The van der Waals surface area contributed by atoms with E-state index in [0.29, 0.717) is 11.3 Å². The van der Waals surface area contributed by atoms with Crippen LogP contribution in [0.15, 0.2) is 36.4 Å². The fourth-order valence-electron chi connectivity index (χ4n) is 2.46. The highest BCUT2D eigenvalue weighted by molar-refractivity contribution is 6.03. The molecule has 0 radical (unpaired) electrons. The minimum absolute atomic E-state index is 0.0175. The molecule has 21 heavy (non-hydrogen) atoms. The zero-order valence-electron chi connectivity index (χ0n) is 12.7. The summed E-state index contributed by atoms with van der Waals surface area (Å²) in [5.74, 6) is 0.247. The number of hydrogen-bond donors (Lipinski definition) is 3. The first kappa shape index (κ1) is 15.3. The average molecular weight is 286 g/mol. The monoisotopic (exact) mass is 286 g/mol. The molecular formula is C17H22N2O2. The van der Waals surface area contributed by atoms with Crippen molar-refractivity contribution in [1.29, 1.82) is 0 Å². The Kier molecular flexibility index (Phi) is 4.81. The highest BCUT2D eigenvalue weighted by atomic mass is 16.3. The van der Waals surface area contributed by atoms with E-state index in [-0.39, 0.29) is 23.3 Å². The number of carbonyl (C=O) groups excluding carboxylic acids is 1. The van der Waals surface area contributed by atoms with Gasteiger partial charge in [0.15, 0.2) is 0 Å². The van der Waals surface area contributed by atoms with Crippen molar-refractivity contribution in [2.24, 2.45) is 5.92 Å². The minimum Gasteiger partial charge on any atom is -0.506 e. The molecule has 0 saturated heterocycles. The van der Waals surface area contributed by atoms with Crippen LogP contribution in [0.4, 0.5) is 0 Å². The predicted molar refractivity (Wildman–Crippen MR) is 85.1 cm³/mol. The van der Waals surface area contributed by atoms with Gasteiger partial charge >= 0.3 is 0 Å². The normalized spacial score (nSPS) is 12.6. The molecular weight excluding hydrogens is 264 g/mol. The van der Waals surface area contributed by atoms with Gasteiger partial charge in [-0.05, 0) is 30.7 Å². The Morgan fingerprint density at radius 2 is 1.86 bits per heavy atom. The van der Waals surface area contributed by atoms with E-state index in [0.717, 1.165) is 11.8 Å². The maximum Gasteiger partial charge on any atom is 0.269 e. The van der Waals surface area contributed by atoms with Crippen LogP contribution in [0, 0.1) is 5.92 Å². The molecule has 0 aliphatic rings. The van der Waals surface area contributed by atoms with E-state index in [1.54, 1.807) is 12.1 Å². The van der Waals surface area contributed by atoms with Crippen LogP contribution in [0.5, 0.6) is 5.75 Å². The van der Waals surface area contributed by atoms with E-state index < -0.39 is 0 Å². The maximum absolute atomic E-state index is 12.2. The van der Waals surface area contributed by atoms with Crippen molar-refractivity contribution in [1.82, 2.24) is 10.9 Å². The second-order valence-electron chi connectivity index (χ2n) is 5.81. The second kappa shape index (κ2) is 6.59. The maximum atomic E-state index is 12.2. The van der Waals surface area contributed by atoms with Gasteiger partial charge in [0.25, 0.3) is 5.91 Å². The SMILES string of the molecule is CC(C)CC(C)NNC(=O)c1ccc2ccccc2c1O. The molecule has 2 aromatic carbocycles. The number of rotatable bonds is 5. The Balaban J connectivity index is 2.11. The van der Waals surface area contributed by atoms with Gasteiger partial charge in [-0.1, -0.05) is 44.2 Å². The minimum atomic E-state index is -0.325. The van der Waals surface area contributed by atoms with Gasteiger partial charge in [-0.2, -0.15) is 0 Å². The quantitative estimate of drug-likeness (QED) is 0.740. The van der Waals surface area contributed by atoms with E-state index in [4.69, 9.17) is 0 Å². The molecule has 1 amide bonds. The molecule has 112 valence electrons. The van der Waals surface area contributed by atoms with E-state index in [9.17, 15) is 9.90 Å². The largest absolute Gasteiger partial charge is 0.506 e. The molecule has 1 unspecified atom stereocenters. The Hall–Kier alpha value is -2.07. The highest BCUT2D eigenvalue weighted by Gasteiger charge is 2.14. The zero-order chi connectivity index (χ0) is 15.4. The summed E-state index contributed by atoms with van der Waals surface area (Å²) in [4.78, 5) is 12.2. The van der Waals surface area contributed by atoms with Crippen molar-refractivity contribution in [2.45, 2.75) is 33.2 Å². The molecule has 0 fully saturated rings. The van der Waals surface area contributed by atoms with Gasteiger partial charge in [0.2, 0.25) is 0 Å². The van der Waals surface area contributed by atoms with Crippen LogP contribution in [0.2, 0.25) is 0 Å².